The van der Waals surface area contributed by atoms with Crippen LogP contribution in [0.3, 0.4) is 0 Å². The number of amides is 1. The number of carbonyl (C=O) groups excluding carboxylic acids is 1. The summed E-state index contributed by atoms with van der Waals surface area (Å²) < 4.78 is 5.57. The van der Waals surface area contributed by atoms with Crippen LogP contribution in [-0.4, -0.2) is 17.1 Å². The second kappa shape index (κ2) is 8.65. The van der Waals surface area contributed by atoms with Gasteiger partial charge in [-0.3, -0.25) is 0 Å². The predicted octanol–water partition coefficient (Wildman–Crippen LogP) is 1.91. The number of alkyl carbamates (subject to hydrolysis) is 1. The van der Waals surface area contributed by atoms with Crippen LogP contribution in [0, 0.1) is 12.0 Å². The van der Waals surface area contributed by atoms with Gasteiger partial charge in [0, 0.05) is 13.5 Å². The van der Waals surface area contributed by atoms with E-state index in [0.29, 0.717) is 6.54 Å². The van der Waals surface area contributed by atoms with Gasteiger partial charge in [-0.15, -0.1) is 0 Å². The van der Waals surface area contributed by atoms with Crippen molar-refractivity contribution >= 4 is 28.7 Å². The largest absolute Gasteiger partial charge is 0.421 e. The molecule has 0 aliphatic heterocycles. The number of alkyl halides is 1. The summed E-state index contributed by atoms with van der Waals surface area (Å²) in [5.41, 5.74) is 0. The maximum Gasteiger partial charge on any atom is 0.421 e. The number of unbranched alkanes of at least 4 members (excludes halogenated alkanes) is 1. The van der Waals surface area contributed by atoms with Gasteiger partial charge in [0.2, 0.25) is 0 Å². The van der Waals surface area contributed by atoms with Crippen molar-refractivity contribution in [1.29, 1.82) is 0 Å². The van der Waals surface area contributed by atoms with Gasteiger partial charge in [-0.05, 0) is 17.3 Å². The van der Waals surface area contributed by atoms with Gasteiger partial charge in [-0.2, -0.15) is 0 Å². The molecule has 0 spiro atoms. The van der Waals surface area contributed by atoms with Crippen molar-refractivity contribution in [2.75, 3.05) is 11.0 Å². The van der Waals surface area contributed by atoms with Crippen molar-refractivity contribution < 1.29 is 9.53 Å². The molecule has 0 fully saturated rings. The lowest BCUT2D eigenvalue weighted by Crippen LogP contribution is -2.23. The molecule has 0 bridgehead atoms. The number of hydrogen-bond donors (Lipinski definition) is 1. The first kappa shape index (κ1) is 11.6. The van der Waals surface area contributed by atoms with E-state index in [-0.39, 0.29) is 0 Å². The van der Waals surface area contributed by atoms with Crippen LogP contribution in [0.5, 0.6) is 0 Å². The fraction of sp³-hybridized carbons (Fsp3) is 0.625. The van der Waals surface area contributed by atoms with Crippen molar-refractivity contribution in [2.24, 2.45) is 0 Å². The number of hydrogen-bond acceptors (Lipinski definition) is 2. The van der Waals surface area contributed by atoms with Crippen LogP contribution in [0.25, 0.3) is 0 Å². The molecule has 0 radical (unpaired) electrons. The first-order chi connectivity index (χ1) is 5.81. The van der Waals surface area contributed by atoms with Gasteiger partial charge in [0.1, 0.15) is 6.11 Å². The summed E-state index contributed by atoms with van der Waals surface area (Å²) in [6, 6.07) is 0. The van der Waals surface area contributed by atoms with Crippen LogP contribution in [0.4, 0.5) is 4.79 Å². The second-order valence-corrected chi connectivity index (χ2v) is 3.14. The number of carbonyl (C=O) groups is 1. The minimum absolute atomic E-state index is 0.460. The molecule has 0 saturated heterocycles. The Morgan fingerprint density at radius 1 is 1.58 bits per heavy atom. The van der Waals surface area contributed by atoms with E-state index in [2.05, 4.69) is 44.7 Å². The van der Waals surface area contributed by atoms with Crippen LogP contribution in [0.15, 0.2) is 0 Å². The zero-order valence-electron chi connectivity index (χ0n) is 7.02. The third-order valence-electron chi connectivity index (χ3n) is 1.08. The third-order valence-corrected chi connectivity index (χ3v) is 1.84. The van der Waals surface area contributed by atoms with E-state index in [4.69, 9.17) is 0 Å². The first-order valence-corrected chi connectivity index (χ1v) is 5.26. The molecule has 0 rings (SSSR count). The van der Waals surface area contributed by atoms with Crippen LogP contribution in [0.2, 0.25) is 0 Å². The highest BCUT2D eigenvalue weighted by atomic mass is 127. The normalized spacial score (nSPS) is 8.17. The summed E-state index contributed by atoms with van der Waals surface area (Å²) in [5.74, 6) is 2.47. The molecule has 0 unspecified atom stereocenters. The highest BCUT2D eigenvalue weighted by Gasteiger charge is 1.96. The monoisotopic (exact) mass is 281 g/mol. The Kier molecular flexibility index (Phi) is 8.34. The molecule has 0 aromatic heterocycles. The highest BCUT2D eigenvalue weighted by Crippen LogP contribution is 1.92. The molecule has 4 heteroatoms. The molecule has 0 saturated carbocycles. The summed E-state index contributed by atoms with van der Waals surface area (Å²) >= 11 is 2.30. The second-order valence-electron chi connectivity index (χ2n) is 2.06. The Hall–Kier alpha value is -0.440. The third kappa shape index (κ3) is 7.66. The van der Waals surface area contributed by atoms with E-state index in [1.807, 2.05) is 0 Å². The smallest absolute Gasteiger partial charge is 0.356 e. The van der Waals surface area contributed by atoms with E-state index in [0.717, 1.165) is 17.3 Å². The molecule has 68 valence electrons. The lowest BCUT2D eigenvalue weighted by atomic mass is 10.3. The lowest BCUT2D eigenvalue weighted by Gasteiger charge is -1.99. The molecular formula is C8H12INO2. The molecule has 0 aliphatic carbocycles. The Bertz CT molecular complexity index is 183. The Morgan fingerprint density at radius 2 is 2.33 bits per heavy atom. The molecule has 12 heavy (non-hydrogen) atoms. The van der Waals surface area contributed by atoms with Crippen molar-refractivity contribution in [3.63, 3.8) is 0 Å². The Balaban J connectivity index is 3.24. The van der Waals surface area contributed by atoms with E-state index in [1.165, 1.54) is 0 Å². The number of ether oxygens (including phenoxy) is 1. The molecule has 0 heterocycles. The van der Waals surface area contributed by atoms with E-state index < -0.39 is 6.09 Å². The Labute approximate surface area is 86.4 Å². The number of rotatable bonds is 4. The van der Waals surface area contributed by atoms with Crippen LogP contribution < -0.4 is 5.32 Å². The highest BCUT2D eigenvalue weighted by molar-refractivity contribution is 14.1. The quantitative estimate of drug-likeness (QED) is 0.370. The van der Waals surface area contributed by atoms with Crippen molar-refractivity contribution in [3.05, 3.63) is 0 Å². The number of halogens is 1. The summed E-state index contributed by atoms with van der Waals surface area (Å²) in [6.07, 6.45) is 3.86. The van der Waals surface area contributed by atoms with Crippen molar-refractivity contribution in [2.45, 2.75) is 19.8 Å². The molecule has 3 nitrogen and oxygen atoms in total. The summed E-state index contributed by atoms with van der Waals surface area (Å²) in [5, 5.41) is 2.59. The van der Waals surface area contributed by atoms with Crippen LogP contribution in [0.1, 0.15) is 19.8 Å². The van der Waals surface area contributed by atoms with Gasteiger partial charge >= 0.3 is 6.09 Å². The van der Waals surface area contributed by atoms with Crippen molar-refractivity contribution in [3.8, 4) is 12.0 Å². The van der Waals surface area contributed by atoms with E-state index in [1.54, 1.807) is 6.92 Å². The summed E-state index contributed by atoms with van der Waals surface area (Å²) in [4.78, 5) is 10.7. The maximum atomic E-state index is 10.7. The van der Waals surface area contributed by atoms with Gasteiger partial charge in [-0.25, -0.2) is 4.79 Å². The topological polar surface area (TPSA) is 38.3 Å². The summed E-state index contributed by atoms with van der Waals surface area (Å²) in [6.45, 7) is 2.27. The average Bonchev–Trinajstić information content (AvgIpc) is 2.09. The number of nitrogens with one attached hydrogen (secondary N) is 1. The maximum absolute atomic E-state index is 10.7. The van der Waals surface area contributed by atoms with Crippen LogP contribution in [-0.2, 0) is 4.74 Å². The zero-order valence-corrected chi connectivity index (χ0v) is 9.18. The minimum atomic E-state index is -0.460. The predicted molar refractivity (Wildman–Crippen MR) is 56.1 cm³/mol. The molecular weight excluding hydrogens is 269 g/mol. The lowest BCUT2D eigenvalue weighted by molar-refractivity contribution is 0.191. The molecule has 0 atom stereocenters. The molecule has 0 aliphatic rings. The standard InChI is InChI=1S/C8H12INO2/c1-2-7-12-8(11)10-6-4-3-5-9/h3-6H2,1H3,(H,10,11). The Morgan fingerprint density at radius 3 is 2.92 bits per heavy atom. The summed E-state index contributed by atoms with van der Waals surface area (Å²) in [7, 11) is 0. The minimum Gasteiger partial charge on any atom is -0.356 e. The van der Waals surface area contributed by atoms with Gasteiger partial charge in [0.05, 0.1) is 0 Å². The van der Waals surface area contributed by atoms with Crippen LogP contribution >= 0.6 is 22.6 Å². The fourth-order valence-corrected chi connectivity index (χ4v) is 1.08. The van der Waals surface area contributed by atoms with Gasteiger partial charge in [0.25, 0.3) is 0 Å². The van der Waals surface area contributed by atoms with Gasteiger partial charge in [0.15, 0.2) is 0 Å². The fourth-order valence-electron chi connectivity index (χ4n) is 0.543. The molecule has 0 aromatic rings. The van der Waals surface area contributed by atoms with Gasteiger partial charge in [-0.1, -0.05) is 28.5 Å². The first-order valence-electron chi connectivity index (χ1n) is 3.73. The SMILES string of the molecule is CC#COC(=O)NCCCCI. The van der Waals surface area contributed by atoms with E-state index in [9.17, 15) is 4.79 Å². The van der Waals surface area contributed by atoms with Gasteiger partial charge < -0.3 is 10.1 Å². The van der Waals surface area contributed by atoms with E-state index >= 15 is 0 Å². The zero-order chi connectivity index (χ0) is 9.23. The molecule has 1 N–H and O–H groups in total. The average molecular weight is 281 g/mol. The molecule has 1 amide bonds. The molecule has 0 aromatic carbocycles. The van der Waals surface area contributed by atoms with Crippen molar-refractivity contribution in [1.82, 2.24) is 5.32 Å².